The third-order valence-corrected chi connectivity index (χ3v) is 3.80. The molecule has 0 fully saturated rings. The van der Waals surface area contributed by atoms with Crippen LogP contribution in [0.2, 0.25) is 0 Å². The fraction of sp³-hybridized carbons (Fsp3) is 0.188. The maximum Gasteiger partial charge on any atom is 0.179 e. The molecule has 0 aliphatic carbocycles. The Hall–Kier alpha value is -3.33. The largest absolute Gasteiger partial charge is 0.383 e. The van der Waals surface area contributed by atoms with E-state index in [1.165, 1.54) is 0 Å². The van der Waals surface area contributed by atoms with Gasteiger partial charge >= 0.3 is 0 Å². The minimum atomic E-state index is 0.622. The van der Waals surface area contributed by atoms with Crippen molar-refractivity contribution in [3.05, 3.63) is 42.7 Å². The average molecular weight is 336 g/mol. The lowest BCUT2D eigenvalue weighted by atomic mass is 10.1. The number of ether oxygens (including phenoxy) is 1. The number of methoxy groups -OCH3 is 1. The Balaban J connectivity index is 1.65. The number of H-pyrrole nitrogens is 1. The molecule has 25 heavy (non-hydrogen) atoms. The number of nitrogens with one attached hydrogen (secondary N) is 2. The molecule has 0 amide bonds. The number of benzene rings is 1. The molecule has 0 radical (unpaired) electrons. The van der Waals surface area contributed by atoms with E-state index in [1.807, 2.05) is 42.7 Å². The highest BCUT2D eigenvalue weighted by atomic mass is 16.5. The predicted molar refractivity (Wildman–Crippen MR) is 92.0 cm³/mol. The fourth-order valence-electron chi connectivity index (χ4n) is 2.54. The van der Waals surface area contributed by atoms with E-state index < -0.39 is 0 Å². The zero-order valence-electron chi connectivity index (χ0n) is 13.5. The molecule has 0 unspecified atom stereocenters. The molecule has 0 bridgehead atoms. The Morgan fingerprint density at radius 2 is 2.00 bits per heavy atom. The molecule has 126 valence electrons. The lowest BCUT2D eigenvalue weighted by Crippen LogP contribution is -2.09. The van der Waals surface area contributed by atoms with Crippen molar-refractivity contribution in [2.24, 2.45) is 0 Å². The molecule has 3 heterocycles. The topological polar surface area (TPSA) is 106 Å². The first kappa shape index (κ1) is 15.2. The van der Waals surface area contributed by atoms with Crippen LogP contribution in [0.25, 0.3) is 28.2 Å². The Kier molecular flexibility index (Phi) is 4.05. The van der Waals surface area contributed by atoms with E-state index in [-0.39, 0.29) is 0 Å². The second-order valence-corrected chi connectivity index (χ2v) is 5.39. The lowest BCUT2D eigenvalue weighted by molar-refractivity contribution is 0.210. The van der Waals surface area contributed by atoms with Gasteiger partial charge in [0.05, 0.1) is 12.8 Å². The van der Waals surface area contributed by atoms with Gasteiger partial charge in [-0.2, -0.15) is 5.10 Å². The van der Waals surface area contributed by atoms with Crippen LogP contribution in [0.15, 0.2) is 42.7 Å². The molecule has 2 N–H and O–H groups in total. The van der Waals surface area contributed by atoms with Crippen molar-refractivity contribution in [3.8, 4) is 22.5 Å². The van der Waals surface area contributed by atoms with Gasteiger partial charge in [-0.25, -0.2) is 14.6 Å². The van der Waals surface area contributed by atoms with E-state index in [1.54, 1.807) is 11.6 Å². The average Bonchev–Trinajstić information content (AvgIpc) is 3.32. The van der Waals surface area contributed by atoms with Crippen LogP contribution in [0.4, 0.5) is 5.82 Å². The summed E-state index contributed by atoms with van der Waals surface area (Å²) in [6.45, 7) is 1.32. The minimum Gasteiger partial charge on any atom is -0.383 e. The van der Waals surface area contributed by atoms with Crippen molar-refractivity contribution < 1.29 is 4.74 Å². The van der Waals surface area contributed by atoms with Gasteiger partial charge in [0, 0.05) is 31.0 Å². The zero-order chi connectivity index (χ0) is 17.1. The minimum absolute atomic E-state index is 0.622. The monoisotopic (exact) mass is 336 g/mol. The molecule has 9 nitrogen and oxygen atoms in total. The van der Waals surface area contributed by atoms with Crippen LogP contribution in [0.1, 0.15) is 0 Å². The number of fused-ring (bicyclic) bond motifs is 1. The van der Waals surface area contributed by atoms with Crippen LogP contribution in [-0.4, -0.2) is 55.5 Å². The summed E-state index contributed by atoms with van der Waals surface area (Å²) in [6, 6.07) is 9.81. The predicted octanol–water partition coefficient (Wildman–Crippen LogP) is 1.63. The zero-order valence-corrected chi connectivity index (χ0v) is 13.5. The van der Waals surface area contributed by atoms with Crippen molar-refractivity contribution in [2.75, 3.05) is 25.6 Å². The van der Waals surface area contributed by atoms with Gasteiger partial charge in [0.1, 0.15) is 5.82 Å². The van der Waals surface area contributed by atoms with Gasteiger partial charge in [-0.1, -0.05) is 24.3 Å². The first-order valence-electron chi connectivity index (χ1n) is 7.77. The molecule has 0 spiro atoms. The van der Waals surface area contributed by atoms with Gasteiger partial charge in [-0.15, -0.1) is 5.10 Å². The summed E-state index contributed by atoms with van der Waals surface area (Å²) in [4.78, 5) is 4.65. The first-order valence-corrected chi connectivity index (χ1v) is 7.77. The molecule has 0 saturated heterocycles. The number of aromatic nitrogens is 7. The molecular formula is C16H16N8O. The summed E-state index contributed by atoms with van der Waals surface area (Å²) in [5.41, 5.74) is 3.68. The van der Waals surface area contributed by atoms with Crippen molar-refractivity contribution in [2.45, 2.75) is 0 Å². The maximum atomic E-state index is 5.05. The van der Waals surface area contributed by atoms with E-state index in [0.717, 1.165) is 28.2 Å². The molecule has 0 saturated carbocycles. The van der Waals surface area contributed by atoms with Gasteiger partial charge in [0.2, 0.25) is 0 Å². The van der Waals surface area contributed by atoms with E-state index >= 15 is 0 Å². The number of tetrazole rings is 1. The fourth-order valence-corrected chi connectivity index (χ4v) is 2.54. The summed E-state index contributed by atoms with van der Waals surface area (Å²) in [6.07, 6.45) is 3.70. The maximum absolute atomic E-state index is 5.05. The van der Waals surface area contributed by atoms with Gasteiger partial charge in [0.15, 0.2) is 11.5 Å². The summed E-state index contributed by atoms with van der Waals surface area (Å²) >= 11 is 0. The van der Waals surface area contributed by atoms with Crippen LogP contribution in [0.5, 0.6) is 0 Å². The van der Waals surface area contributed by atoms with E-state index in [4.69, 9.17) is 4.74 Å². The molecule has 0 aliphatic rings. The normalized spacial score (nSPS) is 11.1. The smallest absolute Gasteiger partial charge is 0.179 e. The second-order valence-electron chi connectivity index (χ2n) is 5.39. The molecule has 3 aromatic heterocycles. The SMILES string of the molecule is COCCNc1ccn2ncc(-c3ccc(-c4nnn[nH]4)cc3)c2n1. The summed E-state index contributed by atoms with van der Waals surface area (Å²) in [5.74, 6) is 1.42. The van der Waals surface area contributed by atoms with Crippen LogP contribution >= 0.6 is 0 Å². The molecule has 4 aromatic rings. The highest BCUT2D eigenvalue weighted by Crippen LogP contribution is 2.26. The Bertz CT molecular complexity index is 962. The number of rotatable bonds is 6. The lowest BCUT2D eigenvalue weighted by Gasteiger charge is -2.06. The molecule has 9 heteroatoms. The van der Waals surface area contributed by atoms with Crippen LogP contribution < -0.4 is 5.32 Å². The number of hydrogen-bond donors (Lipinski definition) is 2. The molecule has 4 rings (SSSR count). The van der Waals surface area contributed by atoms with Crippen LogP contribution in [0, 0.1) is 0 Å². The van der Waals surface area contributed by atoms with Crippen LogP contribution in [0.3, 0.4) is 0 Å². The first-order chi connectivity index (χ1) is 12.3. The molecule has 1 aromatic carbocycles. The Morgan fingerprint density at radius 3 is 2.76 bits per heavy atom. The third-order valence-electron chi connectivity index (χ3n) is 3.80. The third kappa shape index (κ3) is 3.04. The van der Waals surface area contributed by atoms with E-state index in [0.29, 0.717) is 19.0 Å². The highest BCUT2D eigenvalue weighted by Gasteiger charge is 2.10. The second kappa shape index (κ2) is 6.65. The van der Waals surface area contributed by atoms with Gasteiger partial charge in [-0.05, 0) is 22.1 Å². The number of aromatic amines is 1. The Morgan fingerprint density at radius 1 is 1.16 bits per heavy atom. The number of hydrogen-bond acceptors (Lipinski definition) is 7. The summed E-state index contributed by atoms with van der Waals surface area (Å²) < 4.78 is 6.80. The Labute approximate surface area is 143 Å². The van der Waals surface area contributed by atoms with Crippen molar-refractivity contribution in [3.63, 3.8) is 0 Å². The number of nitrogens with zero attached hydrogens (tertiary/aromatic N) is 6. The van der Waals surface area contributed by atoms with Crippen molar-refractivity contribution >= 4 is 11.5 Å². The number of anilines is 1. The molecule has 0 atom stereocenters. The standard InChI is InChI=1S/C16H16N8O/c1-25-9-7-17-14-6-8-24-16(19-14)13(10-18-24)11-2-4-12(5-3-11)15-20-22-23-21-15/h2-6,8,10H,7,9H2,1H3,(H,17,19)(H,20,21,22,23). The summed E-state index contributed by atoms with van der Waals surface area (Å²) in [5, 5.41) is 21.4. The highest BCUT2D eigenvalue weighted by molar-refractivity contribution is 5.78. The van der Waals surface area contributed by atoms with Gasteiger partial charge in [-0.3, -0.25) is 0 Å². The summed E-state index contributed by atoms with van der Waals surface area (Å²) in [7, 11) is 1.67. The van der Waals surface area contributed by atoms with Crippen LogP contribution in [-0.2, 0) is 4.74 Å². The molecule has 0 aliphatic heterocycles. The van der Waals surface area contributed by atoms with E-state index in [9.17, 15) is 0 Å². The van der Waals surface area contributed by atoms with Gasteiger partial charge < -0.3 is 10.1 Å². The van der Waals surface area contributed by atoms with Crippen molar-refractivity contribution in [1.29, 1.82) is 0 Å². The van der Waals surface area contributed by atoms with Gasteiger partial charge in [0.25, 0.3) is 0 Å². The molecular weight excluding hydrogens is 320 g/mol. The van der Waals surface area contributed by atoms with Crippen molar-refractivity contribution in [1.82, 2.24) is 35.2 Å². The quantitative estimate of drug-likeness (QED) is 0.515. The van der Waals surface area contributed by atoms with E-state index in [2.05, 4.69) is 36.0 Å².